The third-order valence-corrected chi connectivity index (χ3v) is 20.1. The number of benzene rings is 2. The number of nitrogens with one attached hydrogen (secondary N) is 5. The number of carboxylic acids is 1. The van der Waals surface area contributed by atoms with Crippen molar-refractivity contribution in [3.05, 3.63) is 71.8 Å². The Morgan fingerprint density at radius 1 is 0.643 bits per heavy atom. The maximum Gasteiger partial charge on any atom is 0.411 e. The molecule has 2 spiro atoms. The summed E-state index contributed by atoms with van der Waals surface area (Å²) < 4.78 is 10.4. The number of ketones is 1. The molecular weight excluding hydrogens is 1180 g/mol. The number of likely N-dealkylation sites (tertiary alicyclic amines) is 2. The van der Waals surface area contributed by atoms with Crippen molar-refractivity contribution in [2.24, 2.45) is 5.73 Å². The summed E-state index contributed by atoms with van der Waals surface area (Å²) in [4.78, 5) is 114. The maximum absolute atomic E-state index is 13.5. The van der Waals surface area contributed by atoms with Crippen molar-refractivity contribution in [1.29, 1.82) is 0 Å². The van der Waals surface area contributed by atoms with Gasteiger partial charge in [-0.25, -0.2) is 14.4 Å². The number of rotatable bonds is 20. The number of aliphatic carboxylic acids is 1. The van der Waals surface area contributed by atoms with Crippen LogP contribution < -0.4 is 32.3 Å². The molecule has 0 aromatic heterocycles. The molecule has 7 amide bonds. The summed E-state index contributed by atoms with van der Waals surface area (Å²) in [6.45, 7) is 17.8. The lowest BCUT2D eigenvalue weighted by Gasteiger charge is -2.30. The van der Waals surface area contributed by atoms with Gasteiger partial charge in [0.2, 0.25) is 17.7 Å². The number of carbonyl (C=O) groups excluding carboxylic acids is 8. The van der Waals surface area contributed by atoms with Gasteiger partial charge in [-0.15, -0.1) is 59.5 Å². The monoisotopic (exact) mass is 1270 g/mol. The summed E-state index contributed by atoms with van der Waals surface area (Å²) in [6.07, 6.45) is -0.937. The first-order valence-electron chi connectivity index (χ1n) is 27.9. The number of hydrogen-bond acceptors (Lipinski definition) is 18. The predicted octanol–water partition coefficient (Wildman–Crippen LogP) is 5.53. The van der Waals surface area contributed by atoms with Crippen molar-refractivity contribution < 1.29 is 67.9 Å². The van der Waals surface area contributed by atoms with E-state index in [9.17, 15) is 58.5 Å². The third-order valence-electron chi connectivity index (χ3n) is 13.3. The summed E-state index contributed by atoms with van der Waals surface area (Å²) in [5.74, 6) is -0.201. The molecule has 84 heavy (non-hydrogen) atoms. The van der Waals surface area contributed by atoms with E-state index in [-0.39, 0.29) is 44.8 Å². The predicted molar refractivity (Wildman–Crippen MR) is 332 cm³/mol. The van der Waals surface area contributed by atoms with E-state index in [1.165, 1.54) is 16.7 Å². The summed E-state index contributed by atoms with van der Waals surface area (Å²) in [7, 11) is 0. The van der Waals surface area contributed by atoms with E-state index in [2.05, 4.69) is 26.6 Å². The lowest BCUT2D eigenvalue weighted by Crippen LogP contribution is -2.56. The number of carboxylic acid groups (broad SMARTS) is 1. The van der Waals surface area contributed by atoms with Crippen molar-refractivity contribution in [2.75, 3.05) is 49.2 Å². The highest BCUT2D eigenvalue weighted by Crippen LogP contribution is 2.53. The van der Waals surface area contributed by atoms with Gasteiger partial charge in [0, 0.05) is 55.0 Å². The van der Waals surface area contributed by atoms with E-state index in [0.717, 1.165) is 35.0 Å². The second-order valence-corrected chi connectivity index (χ2v) is 29.0. The molecule has 27 heteroatoms. The van der Waals surface area contributed by atoms with Crippen LogP contribution in [0.4, 0.5) is 9.59 Å². The van der Waals surface area contributed by atoms with Crippen LogP contribution in [0.25, 0.3) is 0 Å². The van der Waals surface area contributed by atoms with Gasteiger partial charge in [-0.3, -0.25) is 38.6 Å². The van der Waals surface area contributed by atoms with Gasteiger partial charge in [-0.05, 0) is 79.4 Å². The first kappa shape index (κ1) is 73.3. The standard InChI is InChI=1S/C29H42N4O7S2.C16H25N3O3.C12H19NO4S2.ClH/c1-6-10-20(24(36)26(38)30-16-22(35)32-23(18(2)34)19-11-8-7-9-12-19)31-25(37)21-15-29(41-13-14-42-29)17-33(21)27(39)40-28(3,4)5;1-3-7-13(17)15(21)16(22)18-10-14(20)19-11(2)12-8-5-4-6-9-12;1-11(2,3)17-10(16)13-7-12(18-4-5-19-12)6-8(13)9(14)15;/h7-9,11-12,20-21,23-24,36H,6,10,13-17H2,1-5H3,(H,30,38)(H,31,37)(H,32,35);4-6,8-9,11,13,15,21H,3,7,10,17H2,1-2H3,(H,18,22)(H,19,20);8H,4-7H2,1-3H3,(H,14,15);1H/t20?,21-,23+,24?;11-,13?,15?;8-;/m010./s1. The topological polar surface area (TPSA) is 325 Å². The molecule has 0 bridgehead atoms. The molecule has 4 saturated heterocycles. The largest absolute Gasteiger partial charge is 0.480 e. The summed E-state index contributed by atoms with van der Waals surface area (Å²) in [5.41, 5.74) is 5.93. The molecule has 22 nitrogen and oxygen atoms in total. The Morgan fingerprint density at radius 2 is 1.06 bits per heavy atom. The lowest BCUT2D eigenvalue weighted by molar-refractivity contribution is -0.142. The highest BCUT2D eigenvalue weighted by atomic mass is 35.5. The van der Waals surface area contributed by atoms with Crippen molar-refractivity contribution in [2.45, 2.75) is 176 Å². The van der Waals surface area contributed by atoms with Gasteiger partial charge >= 0.3 is 18.2 Å². The number of ether oxygens (including phenoxy) is 2. The summed E-state index contributed by atoms with van der Waals surface area (Å²) in [6, 6.07) is 14.1. The van der Waals surface area contributed by atoms with Gasteiger partial charge in [0.05, 0.1) is 33.3 Å². The minimum absolute atomic E-state index is 0. The van der Waals surface area contributed by atoms with Crippen LogP contribution in [-0.2, 0) is 43.0 Å². The minimum Gasteiger partial charge on any atom is -0.480 e. The van der Waals surface area contributed by atoms with E-state index in [0.29, 0.717) is 50.8 Å². The number of carbonyl (C=O) groups is 9. The first-order chi connectivity index (χ1) is 38.9. The number of hydrogen-bond donors (Lipinski definition) is 9. The minimum atomic E-state index is -1.64. The lowest BCUT2D eigenvalue weighted by atomic mass is 10.0. The molecule has 4 aliphatic heterocycles. The van der Waals surface area contributed by atoms with Gasteiger partial charge in [-0.2, -0.15) is 0 Å². The zero-order chi connectivity index (χ0) is 61.9. The van der Waals surface area contributed by atoms with Crippen LogP contribution in [0.5, 0.6) is 0 Å². The van der Waals surface area contributed by atoms with Crippen LogP contribution >= 0.6 is 59.5 Å². The fraction of sp³-hybridized carbons (Fsp3) is 0.632. The van der Waals surface area contributed by atoms with Crippen LogP contribution in [-0.4, -0.2) is 184 Å². The third kappa shape index (κ3) is 23.0. The number of halogens is 1. The van der Waals surface area contributed by atoms with Gasteiger partial charge in [0.25, 0.3) is 11.8 Å². The van der Waals surface area contributed by atoms with Crippen molar-refractivity contribution >= 4 is 113 Å². The summed E-state index contributed by atoms with van der Waals surface area (Å²) in [5, 5.41) is 42.9. The average molecular weight is 1270 g/mol. The van der Waals surface area contributed by atoms with Crippen LogP contribution in [0.15, 0.2) is 60.7 Å². The van der Waals surface area contributed by atoms with E-state index in [4.69, 9.17) is 15.2 Å². The Kier molecular flexibility index (Phi) is 29.5. The van der Waals surface area contributed by atoms with Gasteiger partial charge in [0.15, 0.2) is 11.9 Å². The van der Waals surface area contributed by atoms with Crippen LogP contribution in [0.2, 0.25) is 0 Å². The zero-order valence-electron chi connectivity index (χ0n) is 49.6. The molecule has 0 aliphatic carbocycles. The molecule has 2 aromatic rings. The van der Waals surface area contributed by atoms with Crippen LogP contribution in [0, 0.1) is 0 Å². The molecule has 0 saturated carbocycles. The SMILES string of the molecule is CC(C)(C)OC(=O)N1CC2(C[C@H]1C(=O)O)SCCS2.CCCC(N)C(O)C(=O)NCC(=O)N[C@H](C)c1ccccc1.CCCC(NC(=O)[C@@H]1CC2(CN1C(=O)OC(C)(C)C)SCCS2)C(O)C(=O)NCC(=O)N[C@H](C(C)=O)c1ccccc1.Cl. The quantitative estimate of drug-likeness (QED) is 0.0787. The van der Waals surface area contributed by atoms with Gasteiger partial charge in [0.1, 0.15) is 35.4 Å². The number of nitrogens with two attached hydrogens (primary N) is 1. The Labute approximate surface area is 516 Å². The Hall–Kier alpha value is -4.96. The number of aliphatic hydroxyl groups excluding tert-OH is 2. The number of amides is 7. The molecule has 4 aliphatic rings. The fourth-order valence-electron chi connectivity index (χ4n) is 9.28. The molecule has 4 heterocycles. The molecule has 0 radical (unpaired) electrons. The van der Waals surface area contributed by atoms with E-state index in [1.807, 2.05) is 51.1 Å². The molecule has 10 N–H and O–H groups in total. The smallest absolute Gasteiger partial charge is 0.411 e. The van der Waals surface area contributed by atoms with Crippen molar-refractivity contribution in [1.82, 2.24) is 36.4 Å². The second kappa shape index (κ2) is 33.8. The van der Waals surface area contributed by atoms with E-state index >= 15 is 0 Å². The average Bonchev–Trinajstić information content (AvgIpc) is 2.13. The van der Waals surface area contributed by atoms with E-state index < -0.39 is 102 Å². The van der Waals surface area contributed by atoms with E-state index in [1.54, 1.807) is 119 Å². The number of Topliss-reactive ketones (excluding diaryl/α,β-unsaturated/α-hetero) is 1. The molecule has 6 rings (SSSR count). The summed E-state index contributed by atoms with van der Waals surface area (Å²) >= 11 is 6.98. The first-order valence-corrected chi connectivity index (χ1v) is 31.8. The normalized spacial score (nSPS) is 19.7. The molecule has 4 unspecified atom stereocenters. The van der Waals surface area contributed by atoms with Crippen LogP contribution in [0.1, 0.15) is 131 Å². The van der Waals surface area contributed by atoms with Crippen LogP contribution in [0.3, 0.4) is 0 Å². The number of nitrogens with zero attached hydrogens (tertiary/aromatic N) is 2. The molecule has 8 atom stereocenters. The van der Waals surface area contributed by atoms with Crippen molar-refractivity contribution in [3.63, 3.8) is 0 Å². The van der Waals surface area contributed by atoms with Crippen molar-refractivity contribution in [3.8, 4) is 0 Å². The highest BCUT2D eigenvalue weighted by Gasteiger charge is 2.54. The molecular formula is C57H87ClN8O14S4. The zero-order valence-corrected chi connectivity index (χ0v) is 53.7. The molecule has 2 aromatic carbocycles. The molecule has 4 fully saturated rings. The Morgan fingerprint density at radius 3 is 1.49 bits per heavy atom. The van der Waals surface area contributed by atoms with Gasteiger partial charge < -0.3 is 57.1 Å². The Balaban J connectivity index is 0.000000368. The Bertz CT molecular complexity index is 2520. The number of aliphatic hydroxyl groups is 2. The highest BCUT2D eigenvalue weighted by molar-refractivity contribution is 8.21. The maximum atomic E-state index is 13.5. The fourth-order valence-corrected chi connectivity index (χ4v) is 15.8. The second-order valence-electron chi connectivity index (χ2n) is 22.6. The van der Waals surface area contributed by atoms with Gasteiger partial charge in [-0.1, -0.05) is 87.4 Å². The molecule has 470 valence electrons. The number of thioether (sulfide) groups is 4.